The van der Waals surface area contributed by atoms with E-state index in [4.69, 9.17) is 10.5 Å². The van der Waals surface area contributed by atoms with Gasteiger partial charge >= 0.3 is 5.97 Å². The topological polar surface area (TPSA) is 93.5 Å². The van der Waals surface area contributed by atoms with Crippen molar-refractivity contribution in [3.8, 4) is 0 Å². The molecule has 0 spiro atoms. The van der Waals surface area contributed by atoms with Gasteiger partial charge in [-0.15, -0.1) is 0 Å². The lowest BCUT2D eigenvalue weighted by Gasteiger charge is -2.25. The van der Waals surface area contributed by atoms with E-state index in [1.807, 2.05) is 26.2 Å². The van der Waals surface area contributed by atoms with Gasteiger partial charge in [-0.1, -0.05) is 46.3 Å². The molecule has 0 saturated heterocycles. The molecule has 6 nitrogen and oxygen atoms in total. The summed E-state index contributed by atoms with van der Waals surface area (Å²) in [7, 11) is 1.35. The van der Waals surface area contributed by atoms with Gasteiger partial charge in [0.1, 0.15) is 6.04 Å². The SMILES string of the molecule is CC[C@H](C)[C@@H](/C=C/[C@H](C(=O)N[C@@H](CCSC)C(=O)OC)C(C)C)NC[C@@H](N)CS. The first-order valence-electron chi connectivity index (χ1n) is 10.4. The van der Waals surface area contributed by atoms with E-state index in [0.717, 1.165) is 12.2 Å². The minimum Gasteiger partial charge on any atom is -0.467 e. The molecule has 0 aromatic rings. The number of amides is 1. The van der Waals surface area contributed by atoms with Crippen LogP contribution in [-0.4, -0.2) is 61.4 Å². The molecule has 8 heteroatoms. The van der Waals surface area contributed by atoms with Gasteiger partial charge in [0.15, 0.2) is 0 Å². The third-order valence-electron chi connectivity index (χ3n) is 5.07. The fourth-order valence-electron chi connectivity index (χ4n) is 2.81. The Kier molecular flexibility index (Phi) is 15.7. The summed E-state index contributed by atoms with van der Waals surface area (Å²) in [5.74, 6) is 1.00. The molecule has 0 rings (SSSR count). The Bertz CT molecular complexity index is 504. The Hall–Kier alpha value is -0.700. The molecule has 0 saturated carbocycles. The van der Waals surface area contributed by atoms with Crippen LogP contribution in [-0.2, 0) is 14.3 Å². The largest absolute Gasteiger partial charge is 0.467 e. The van der Waals surface area contributed by atoms with E-state index in [0.29, 0.717) is 24.6 Å². The van der Waals surface area contributed by atoms with Crippen LogP contribution in [0.25, 0.3) is 0 Å². The molecular weight excluding hydrogens is 406 g/mol. The second-order valence-electron chi connectivity index (χ2n) is 7.78. The summed E-state index contributed by atoms with van der Waals surface area (Å²) >= 11 is 5.87. The van der Waals surface area contributed by atoms with Gasteiger partial charge < -0.3 is 21.1 Å². The monoisotopic (exact) mass is 447 g/mol. The zero-order valence-electron chi connectivity index (χ0n) is 18.8. The standard InChI is InChI=1S/C21H41N3O3S2/c1-7-15(4)18(23-12-16(22)13-28)9-8-17(14(2)3)20(25)24-19(10-11-29-6)21(26)27-5/h8-9,14-19,23,28H,7,10-13,22H2,1-6H3,(H,24,25)/b9-8+/t15-,16+,17-,18+,19-/m0/s1. The van der Waals surface area contributed by atoms with Crippen molar-refractivity contribution in [3.63, 3.8) is 0 Å². The zero-order valence-corrected chi connectivity index (χ0v) is 20.5. The van der Waals surface area contributed by atoms with Gasteiger partial charge in [-0.25, -0.2) is 4.79 Å². The zero-order chi connectivity index (χ0) is 22.4. The number of methoxy groups -OCH3 is 1. The summed E-state index contributed by atoms with van der Waals surface area (Å²) < 4.78 is 4.85. The number of nitrogens with two attached hydrogens (primary N) is 1. The maximum Gasteiger partial charge on any atom is 0.328 e. The van der Waals surface area contributed by atoms with Crippen molar-refractivity contribution in [1.29, 1.82) is 0 Å². The second kappa shape index (κ2) is 16.1. The van der Waals surface area contributed by atoms with Crippen molar-refractivity contribution in [2.24, 2.45) is 23.5 Å². The number of nitrogens with one attached hydrogen (secondary N) is 2. The number of esters is 1. The third kappa shape index (κ3) is 11.3. The fraction of sp³-hybridized carbons (Fsp3) is 0.810. The lowest BCUT2D eigenvalue weighted by atomic mass is 9.91. The van der Waals surface area contributed by atoms with Gasteiger partial charge in [-0.2, -0.15) is 24.4 Å². The molecular formula is C21H41N3O3S2. The van der Waals surface area contributed by atoms with E-state index in [9.17, 15) is 9.59 Å². The predicted molar refractivity (Wildman–Crippen MR) is 127 cm³/mol. The van der Waals surface area contributed by atoms with E-state index in [-0.39, 0.29) is 29.8 Å². The number of carbonyl (C=O) groups is 2. The summed E-state index contributed by atoms with van der Waals surface area (Å²) in [5, 5.41) is 6.36. The third-order valence-corrected chi connectivity index (χ3v) is 6.18. The summed E-state index contributed by atoms with van der Waals surface area (Å²) in [5.41, 5.74) is 5.98. The molecule has 0 bridgehead atoms. The molecule has 170 valence electrons. The van der Waals surface area contributed by atoms with Crippen molar-refractivity contribution in [3.05, 3.63) is 12.2 Å². The molecule has 29 heavy (non-hydrogen) atoms. The van der Waals surface area contributed by atoms with E-state index in [2.05, 4.69) is 43.2 Å². The van der Waals surface area contributed by atoms with Crippen LogP contribution >= 0.6 is 24.4 Å². The lowest BCUT2D eigenvalue weighted by Crippen LogP contribution is -2.45. The Morgan fingerprint density at radius 3 is 2.38 bits per heavy atom. The second-order valence-corrected chi connectivity index (χ2v) is 9.13. The summed E-state index contributed by atoms with van der Waals surface area (Å²) in [6.45, 7) is 9.00. The van der Waals surface area contributed by atoms with Crippen molar-refractivity contribution in [2.75, 3.05) is 31.4 Å². The van der Waals surface area contributed by atoms with Gasteiger partial charge in [-0.3, -0.25) is 4.79 Å². The first-order valence-corrected chi connectivity index (χ1v) is 12.4. The highest BCUT2D eigenvalue weighted by atomic mass is 32.2. The number of hydrogen-bond acceptors (Lipinski definition) is 7. The minimum atomic E-state index is -0.619. The maximum atomic E-state index is 12.9. The minimum absolute atomic E-state index is 0.0141. The van der Waals surface area contributed by atoms with Crippen molar-refractivity contribution in [1.82, 2.24) is 10.6 Å². The highest BCUT2D eigenvalue weighted by Crippen LogP contribution is 2.17. The van der Waals surface area contributed by atoms with Gasteiger partial charge in [-0.05, 0) is 30.3 Å². The maximum absolute atomic E-state index is 12.9. The van der Waals surface area contributed by atoms with Gasteiger partial charge in [0.25, 0.3) is 0 Å². The first kappa shape index (κ1) is 28.3. The van der Waals surface area contributed by atoms with E-state index >= 15 is 0 Å². The molecule has 0 aromatic carbocycles. The molecule has 1 amide bonds. The predicted octanol–water partition coefficient (Wildman–Crippen LogP) is 2.49. The Balaban J connectivity index is 5.27. The number of hydrogen-bond donors (Lipinski definition) is 4. The van der Waals surface area contributed by atoms with Crippen molar-refractivity contribution < 1.29 is 14.3 Å². The Morgan fingerprint density at radius 1 is 1.24 bits per heavy atom. The molecule has 0 fully saturated rings. The smallest absolute Gasteiger partial charge is 0.328 e. The average molecular weight is 448 g/mol. The van der Waals surface area contributed by atoms with Gasteiger partial charge in [0, 0.05) is 24.4 Å². The van der Waals surface area contributed by atoms with E-state index in [1.165, 1.54) is 7.11 Å². The quantitative estimate of drug-likeness (QED) is 0.175. The fourth-order valence-corrected chi connectivity index (χ4v) is 3.41. The molecule has 0 aromatic heterocycles. The molecule has 0 heterocycles. The van der Waals surface area contributed by atoms with Crippen LogP contribution in [0.5, 0.6) is 0 Å². The van der Waals surface area contributed by atoms with Gasteiger partial charge in [0.05, 0.1) is 13.0 Å². The highest BCUT2D eigenvalue weighted by Gasteiger charge is 2.27. The van der Waals surface area contributed by atoms with Crippen LogP contribution in [0, 0.1) is 17.8 Å². The van der Waals surface area contributed by atoms with Crippen LogP contribution in [0.15, 0.2) is 12.2 Å². The Morgan fingerprint density at radius 2 is 1.90 bits per heavy atom. The normalized spacial score (nSPS) is 17.0. The van der Waals surface area contributed by atoms with Crippen LogP contribution in [0.4, 0.5) is 0 Å². The van der Waals surface area contributed by atoms with E-state index in [1.54, 1.807) is 11.8 Å². The molecule has 4 N–H and O–H groups in total. The molecule has 0 aliphatic carbocycles. The number of ether oxygens (including phenoxy) is 1. The van der Waals surface area contributed by atoms with Crippen molar-refractivity contribution >= 4 is 36.3 Å². The molecule has 0 aliphatic heterocycles. The first-order chi connectivity index (χ1) is 13.7. The van der Waals surface area contributed by atoms with Crippen LogP contribution in [0.3, 0.4) is 0 Å². The van der Waals surface area contributed by atoms with Crippen LogP contribution in [0.2, 0.25) is 0 Å². The molecule has 0 aliphatic rings. The van der Waals surface area contributed by atoms with Crippen LogP contribution in [0.1, 0.15) is 40.5 Å². The Labute approximate surface area is 187 Å². The number of thioether (sulfide) groups is 1. The van der Waals surface area contributed by atoms with Gasteiger partial charge in [0.2, 0.25) is 5.91 Å². The van der Waals surface area contributed by atoms with Crippen LogP contribution < -0.4 is 16.4 Å². The summed E-state index contributed by atoms with van der Waals surface area (Å²) in [4.78, 5) is 24.9. The molecule has 5 atom stereocenters. The number of thiol groups is 1. The highest BCUT2D eigenvalue weighted by molar-refractivity contribution is 7.98. The summed E-state index contributed by atoms with van der Waals surface area (Å²) in [6, 6.07) is -0.515. The molecule has 0 unspecified atom stereocenters. The number of carbonyl (C=O) groups excluding carboxylic acids is 2. The molecule has 0 radical (unpaired) electrons. The average Bonchev–Trinajstić information content (AvgIpc) is 2.71. The lowest BCUT2D eigenvalue weighted by molar-refractivity contribution is -0.145. The summed E-state index contributed by atoms with van der Waals surface area (Å²) in [6.07, 6.45) is 7.55. The van der Waals surface area contributed by atoms with Crippen molar-refractivity contribution in [2.45, 2.75) is 58.7 Å². The van der Waals surface area contributed by atoms with E-state index < -0.39 is 12.0 Å². The number of rotatable bonds is 15.